The summed E-state index contributed by atoms with van der Waals surface area (Å²) in [5, 5.41) is 0. The van der Waals surface area contributed by atoms with E-state index in [1.165, 1.54) is 0 Å². The zero-order valence-electron chi connectivity index (χ0n) is 15.5. The molecule has 0 saturated carbocycles. The second-order valence-corrected chi connectivity index (χ2v) is 8.30. The topological polar surface area (TPSA) is 35.5 Å². The molecule has 29 heavy (non-hydrogen) atoms. The summed E-state index contributed by atoms with van der Waals surface area (Å²) in [6, 6.07) is 3.54. The summed E-state index contributed by atoms with van der Waals surface area (Å²) in [7, 11) is -3.45. The lowest BCUT2D eigenvalue weighted by Crippen LogP contribution is -2.01. The molecule has 11 heteroatoms. The highest BCUT2D eigenvalue weighted by atomic mass is 127. The lowest BCUT2D eigenvalue weighted by atomic mass is 10.2. The number of alkyl halides is 1. The molecule has 0 aliphatic carbocycles. The first kappa shape index (κ1) is 25.9. The lowest BCUT2D eigenvalue weighted by molar-refractivity contribution is 0.219. The van der Waals surface area contributed by atoms with Crippen molar-refractivity contribution < 1.29 is 40.0 Å². The Kier molecular flexibility index (Phi) is 10.7. The van der Waals surface area contributed by atoms with Crippen molar-refractivity contribution in [1.82, 2.24) is 0 Å². The molecule has 0 saturated heterocycles. The van der Waals surface area contributed by atoms with Crippen molar-refractivity contribution >= 4 is 30.2 Å². The van der Waals surface area contributed by atoms with E-state index in [-0.39, 0.29) is 24.9 Å². The zero-order valence-corrected chi connectivity index (χ0v) is 18.5. The van der Waals surface area contributed by atoms with Crippen molar-refractivity contribution in [2.75, 3.05) is 13.2 Å². The van der Waals surface area contributed by atoms with Crippen LogP contribution in [-0.4, -0.2) is 13.2 Å². The molecule has 0 aliphatic rings. The minimum atomic E-state index is -3.45. The van der Waals surface area contributed by atoms with E-state index in [1.807, 2.05) is 22.6 Å². The molecule has 0 unspecified atom stereocenters. The predicted octanol–water partition coefficient (Wildman–Crippen LogP) is 6.91. The number of hydrogen-bond donors (Lipinski definition) is 0. The van der Waals surface area contributed by atoms with Crippen molar-refractivity contribution in [1.29, 1.82) is 0 Å². The highest BCUT2D eigenvalue weighted by Crippen LogP contribution is 2.51. The first-order valence-corrected chi connectivity index (χ1v) is 11.5. The SMILES string of the molecule is CCOP(=O)(Cc1cc(F)c(F)c(F)c1)OCC.Fc1cc(CI)cc(F)c1F. The summed E-state index contributed by atoms with van der Waals surface area (Å²) in [4.78, 5) is 0. The van der Waals surface area contributed by atoms with E-state index in [0.29, 0.717) is 9.99 Å². The van der Waals surface area contributed by atoms with E-state index in [1.54, 1.807) is 13.8 Å². The van der Waals surface area contributed by atoms with Crippen LogP contribution in [0.25, 0.3) is 0 Å². The fraction of sp³-hybridized carbons (Fsp3) is 0.333. The minimum absolute atomic E-state index is 0.0247. The molecule has 0 fully saturated rings. The molecule has 0 atom stereocenters. The highest BCUT2D eigenvalue weighted by Gasteiger charge is 2.25. The smallest absolute Gasteiger partial charge is 0.309 e. The zero-order chi connectivity index (χ0) is 22.2. The molecule has 0 N–H and O–H groups in total. The molecule has 0 radical (unpaired) electrons. The van der Waals surface area contributed by atoms with E-state index in [2.05, 4.69) is 0 Å². The molecule has 0 amide bonds. The molecule has 0 aromatic heterocycles. The van der Waals surface area contributed by atoms with E-state index in [9.17, 15) is 30.9 Å². The molecular formula is C18H18F6IO3P. The van der Waals surface area contributed by atoms with E-state index in [4.69, 9.17) is 9.05 Å². The van der Waals surface area contributed by atoms with Gasteiger partial charge in [-0.1, -0.05) is 22.6 Å². The first-order valence-electron chi connectivity index (χ1n) is 8.27. The fourth-order valence-electron chi connectivity index (χ4n) is 2.13. The van der Waals surface area contributed by atoms with Crippen LogP contribution in [0.3, 0.4) is 0 Å². The van der Waals surface area contributed by atoms with Crippen LogP contribution in [0.4, 0.5) is 26.3 Å². The largest absolute Gasteiger partial charge is 0.335 e. The second-order valence-electron chi connectivity index (χ2n) is 5.49. The third-order valence-corrected chi connectivity index (χ3v) is 6.21. The normalized spacial score (nSPS) is 11.2. The van der Waals surface area contributed by atoms with Gasteiger partial charge in [-0.2, -0.15) is 0 Å². The third kappa shape index (κ3) is 7.92. The maximum absolute atomic E-state index is 13.0. The van der Waals surface area contributed by atoms with Gasteiger partial charge in [0, 0.05) is 4.43 Å². The Morgan fingerprint density at radius 1 is 0.759 bits per heavy atom. The summed E-state index contributed by atoms with van der Waals surface area (Å²) < 4.78 is 98.4. The molecular weight excluding hydrogens is 536 g/mol. The Labute approximate surface area is 178 Å². The predicted molar refractivity (Wildman–Crippen MR) is 105 cm³/mol. The summed E-state index contributed by atoms with van der Waals surface area (Å²) in [6.45, 7) is 3.53. The van der Waals surface area contributed by atoms with Gasteiger partial charge in [-0.25, -0.2) is 26.3 Å². The van der Waals surface area contributed by atoms with Crippen molar-refractivity contribution in [2.45, 2.75) is 24.4 Å². The maximum atomic E-state index is 13.0. The van der Waals surface area contributed by atoms with E-state index in [0.717, 1.165) is 24.3 Å². The Hall–Kier alpha value is -1.10. The van der Waals surface area contributed by atoms with Crippen molar-refractivity contribution in [3.05, 3.63) is 70.3 Å². The minimum Gasteiger partial charge on any atom is -0.309 e. The molecule has 2 rings (SSSR count). The van der Waals surface area contributed by atoms with Crippen LogP contribution < -0.4 is 0 Å². The highest BCUT2D eigenvalue weighted by molar-refractivity contribution is 14.1. The summed E-state index contributed by atoms with van der Waals surface area (Å²) >= 11 is 1.94. The van der Waals surface area contributed by atoms with Gasteiger partial charge in [0.1, 0.15) is 0 Å². The van der Waals surface area contributed by atoms with E-state index >= 15 is 0 Å². The Morgan fingerprint density at radius 2 is 1.10 bits per heavy atom. The molecule has 0 heterocycles. The van der Waals surface area contributed by atoms with Crippen molar-refractivity contribution in [3.63, 3.8) is 0 Å². The fourth-order valence-corrected chi connectivity index (χ4v) is 4.24. The van der Waals surface area contributed by atoms with Gasteiger partial charge < -0.3 is 9.05 Å². The van der Waals surface area contributed by atoms with Crippen LogP contribution in [0.2, 0.25) is 0 Å². The average molecular weight is 554 g/mol. The van der Waals surface area contributed by atoms with Crippen molar-refractivity contribution in [3.8, 4) is 0 Å². The van der Waals surface area contributed by atoms with Crippen molar-refractivity contribution in [2.24, 2.45) is 0 Å². The Morgan fingerprint density at radius 3 is 1.41 bits per heavy atom. The van der Waals surface area contributed by atoms with Crippen LogP contribution in [0.5, 0.6) is 0 Å². The van der Waals surface area contributed by atoms with Gasteiger partial charge in [0.15, 0.2) is 34.9 Å². The molecule has 0 aliphatic heterocycles. The first-order chi connectivity index (χ1) is 13.6. The lowest BCUT2D eigenvalue weighted by Gasteiger charge is -2.17. The van der Waals surface area contributed by atoms with Crippen LogP contribution in [0, 0.1) is 34.9 Å². The number of benzene rings is 2. The van der Waals surface area contributed by atoms with Gasteiger partial charge in [0.05, 0.1) is 19.4 Å². The standard InChI is InChI=1S/C11H14F3O3P.C7H4F3I/c1-3-16-18(15,17-4-2)7-8-5-9(12)11(14)10(13)6-8;8-5-1-4(3-11)2-6(9)7(5)10/h5-6H,3-4,7H2,1-2H3;1-2H,3H2. The Balaban J connectivity index is 0.000000326. The summed E-state index contributed by atoms with van der Waals surface area (Å²) in [6.07, 6.45) is -0.303. The quantitative estimate of drug-likeness (QED) is 0.123. The monoisotopic (exact) mass is 554 g/mol. The molecule has 2 aromatic rings. The molecule has 162 valence electrons. The Bertz CT molecular complexity index is 825. The van der Waals surface area contributed by atoms with Gasteiger partial charge in [-0.3, -0.25) is 4.57 Å². The average Bonchev–Trinajstić information content (AvgIpc) is 2.64. The van der Waals surface area contributed by atoms with Gasteiger partial charge in [0.2, 0.25) is 0 Å². The van der Waals surface area contributed by atoms with Gasteiger partial charge in [-0.15, -0.1) is 0 Å². The third-order valence-electron chi connectivity index (χ3n) is 3.27. The van der Waals surface area contributed by atoms with Crippen LogP contribution in [0.1, 0.15) is 25.0 Å². The molecule has 0 bridgehead atoms. The summed E-state index contributed by atoms with van der Waals surface area (Å²) in [5.74, 6) is -7.87. The maximum Gasteiger partial charge on any atom is 0.335 e. The second kappa shape index (κ2) is 11.9. The van der Waals surface area contributed by atoms with Crippen LogP contribution in [0.15, 0.2) is 24.3 Å². The van der Waals surface area contributed by atoms with Gasteiger partial charge in [0.25, 0.3) is 0 Å². The number of rotatable bonds is 7. The summed E-state index contributed by atoms with van der Waals surface area (Å²) in [5.41, 5.74) is 0.471. The van der Waals surface area contributed by atoms with Gasteiger partial charge >= 0.3 is 7.60 Å². The molecule has 2 aromatic carbocycles. The van der Waals surface area contributed by atoms with Crippen LogP contribution >= 0.6 is 30.2 Å². The van der Waals surface area contributed by atoms with Gasteiger partial charge in [-0.05, 0) is 49.2 Å². The molecule has 0 spiro atoms. The molecule has 3 nitrogen and oxygen atoms in total. The number of hydrogen-bond acceptors (Lipinski definition) is 3. The number of halogens is 7. The van der Waals surface area contributed by atoms with Crippen LogP contribution in [-0.2, 0) is 24.2 Å². The van der Waals surface area contributed by atoms with E-state index < -0.39 is 42.5 Å².